The summed E-state index contributed by atoms with van der Waals surface area (Å²) >= 11 is 0. The van der Waals surface area contributed by atoms with E-state index in [2.05, 4.69) is 0 Å². The van der Waals surface area contributed by atoms with Crippen LogP contribution < -0.4 is 4.89 Å². The van der Waals surface area contributed by atoms with Gasteiger partial charge in [0.1, 0.15) is 12.6 Å². The lowest BCUT2D eigenvalue weighted by atomic mass is 9.85. The largest absolute Gasteiger partial charge is 0.756 e. The third-order valence-electron chi connectivity index (χ3n) is 4.15. The molecule has 5 nitrogen and oxygen atoms in total. The molecule has 1 saturated carbocycles. The number of phosphoric ester groups is 1. The standard InChI is InChI=1S/C15H32NO4P/c1-16(2,3)13-15(20-21(17,18)19)12-8-7-11-14-9-5-4-6-10-14/h14-15H,4-13H2,1-3H3,(H-,17,18,19). The highest BCUT2D eigenvalue weighted by molar-refractivity contribution is 7.44. The first-order chi connectivity index (χ1) is 9.66. The number of quaternary nitrogens is 1. The van der Waals surface area contributed by atoms with Crippen molar-refractivity contribution in [1.29, 1.82) is 0 Å². The van der Waals surface area contributed by atoms with E-state index in [-0.39, 0.29) is 0 Å². The van der Waals surface area contributed by atoms with Gasteiger partial charge in [0, 0.05) is 0 Å². The number of phosphoric acid groups is 1. The maximum absolute atomic E-state index is 11.0. The molecule has 0 aromatic carbocycles. The van der Waals surface area contributed by atoms with Gasteiger partial charge in [-0.2, -0.15) is 0 Å². The van der Waals surface area contributed by atoms with Crippen LogP contribution >= 0.6 is 7.82 Å². The van der Waals surface area contributed by atoms with Gasteiger partial charge >= 0.3 is 0 Å². The smallest absolute Gasteiger partial charge is 0.265 e. The van der Waals surface area contributed by atoms with Crippen molar-refractivity contribution in [1.82, 2.24) is 0 Å². The Hall–Kier alpha value is 0.0700. The Labute approximate surface area is 129 Å². The number of rotatable bonds is 9. The van der Waals surface area contributed by atoms with Crippen LogP contribution in [0.3, 0.4) is 0 Å². The van der Waals surface area contributed by atoms with Gasteiger partial charge in [0.25, 0.3) is 7.82 Å². The number of likely N-dealkylation sites (N-methyl/N-ethyl adjacent to an activating group) is 1. The van der Waals surface area contributed by atoms with E-state index in [0.29, 0.717) is 17.4 Å². The van der Waals surface area contributed by atoms with Crippen LogP contribution in [0.2, 0.25) is 0 Å². The van der Waals surface area contributed by atoms with Crippen molar-refractivity contribution in [2.45, 2.75) is 63.9 Å². The average Bonchev–Trinajstić information content (AvgIpc) is 2.32. The van der Waals surface area contributed by atoms with E-state index in [1.54, 1.807) is 0 Å². The van der Waals surface area contributed by atoms with Crippen LogP contribution in [0, 0.1) is 5.92 Å². The minimum absolute atomic E-state index is 0.426. The molecule has 1 N–H and O–H groups in total. The molecule has 1 aliphatic rings. The van der Waals surface area contributed by atoms with Gasteiger partial charge < -0.3 is 18.8 Å². The van der Waals surface area contributed by atoms with E-state index >= 15 is 0 Å². The first-order valence-corrected chi connectivity index (χ1v) is 9.68. The summed E-state index contributed by atoms with van der Waals surface area (Å²) in [5, 5.41) is 0. The van der Waals surface area contributed by atoms with E-state index in [9.17, 15) is 9.46 Å². The minimum Gasteiger partial charge on any atom is -0.756 e. The van der Waals surface area contributed by atoms with E-state index in [0.717, 1.165) is 18.8 Å². The lowest BCUT2D eigenvalue weighted by Gasteiger charge is -2.31. The Morgan fingerprint density at radius 3 is 2.38 bits per heavy atom. The molecule has 1 aliphatic carbocycles. The Morgan fingerprint density at radius 1 is 1.24 bits per heavy atom. The van der Waals surface area contributed by atoms with Crippen molar-refractivity contribution in [3.63, 3.8) is 0 Å². The van der Waals surface area contributed by atoms with Crippen LogP contribution in [-0.2, 0) is 9.09 Å². The second kappa shape index (κ2) is 8.64. The number of hydrogen-bond acceptors (Lipinski definition) is 3. The van der Waals surface area contributed by atoms with E-state index in [1.807, 2.05) is 21.1 Å². The van der Waals surface area contributed by atoms with Crippen LogP contribution in [0.1, 0.15) is 57.8 Å². The molecule has 21 heavy (non-hydrogen) atoms. The molecule has 0 amide bonds. The van der Waals surface area contributed by atoms with Gasteiger partial charge in [0.05, 0.1) is 21.1 Å². The molecule has 0 radical (unpaired) electrons. The molecule has 126 valence electrons. The molecule has 0 spiro atoms. The van der Waals surface area contributed by atoms with Crippen LogP contribution in [0.25, 0.3) is 0 Å². The quantitative estimate of drug-likeness (QED) is 0.403. The molecule has 0 aromatic rings. The third-order valence-corrected chi connectivity index (χ3v) is 4.71. The van der Waals surface area contributed by atoms with Gasteiger partial charge in [-0.3, -0.25) is 4.57 Å². The summed E-state index contributed by atoms with van der Waals surface area (Å²) in [6, 6.07) is 0. The Kier molecular flexibility index (Phi) is 7.86. The predicted molar refractivity (Wildman–Crippen MR) is 82.6 cm³/mol. The Bertz CT molecular complexity index is 331. The van der Waals surface area contributed by atoms with Gasteiger partial charge in [-0.15, -0.1) is 0 Å². The molecule has 0 saturated heterocycles. The second-order valence-corrected chi connectivity index (χ2v) is 8.61. The van der Waals surface area contributed by atoms with E-state index in [4.69, 9.17) is 9.42 Å². The molecule has 6 heteroatoms. The third kappa shape index (κ3) is 10.4. The van der Waals surface area contributed by atoms with E-state index < -0.39 is 13.9 Å². The van der Waals surface area contributed by atoms with Crippen LogP contribution in [0.5, 0.6) is 0 Å². The van der Waals surface area contributed by atoms with Crippen LogP contribution in [-0.4, -0.2) is 43.2 Å². The number of nitrogens with zero attached hydrogens (tertiary/aromatic N) is 1. The Balaban J connectivity index is 2.29. The summed E-state index contributed by atoms with van der Waals surface area (Å²) < 4.78 is 16.4. The van der Waals surface area contributed by atoms with Crippen molar-refractivity contribution >= 4 is 7.82 Å². The summed E-state index contributed by atoms with van der Waals surface area (Å²) in [7, 11) is 1.33. The monoisotopic (exact) mass is 321 g/mol. The zero-order chi connectivity index (χ0) is 15.9. The SMILES string of the molecule is C[N+](C)(C)CC(CCCCC1CCCCC1)OP(=O)([O-])O. The predicted octanol–water partition coefficient (Wildman–Crippen LogP) is 2.68. The van der Waals surface area contributed by atoms with E-state index in [1.165, 1.54) is 38.5 Å². The van der Waals surface area contributed by atoms with Crippen molar-refractivity contribution < 1.29 is 23.4 Å². The fourth-order valence-electron chi connectivity index (χ4n) is 3.26. The maximum atomic E-state index is 11.0. The molecule has 0 aromatic heterocycles. The van der Waals surface area contributed by atoms with Gasteiger partial charge in [0.15, 0.2) is 0 Å². The van der Waals surface area contributed by atoms with Gasteiger partial charge in [-0.25, -0.2) is 0 Å². The summed E-state index contributed by atoms with van der Waals surface area (Å²) in [5.41, 5.74) is 0. The molecular formula is C15H32NO4P. The summed E-state index contributed by atoms with van der Waals surface area (Å²) in [6.45, 7) is 0.580. The highest BCUT2D eigenvalue weighted by Gasteiger charge is 2.22. The fraction of sp³-hybridized carbons (Fsp3) is 1.00. The summed E-state index contributed by atoms with van der Waals surface area (Å²) in [5.74, 6) is 0.861. The number of unbranched alkanes of at least 4 members (excludes halogenated alkanes) is 1. The van der Waals surface area contributed by atoms with Crippen LogP contribution in [0.15, 0.2) is 0 Å². The van der Waals surface area contributed by atoms with Gasteiger partial charge in [0.2, 0.25) is 0 Å². The van der Waals surface area contributed by atoms with Crippen molar-refractivity contribution in [2.75, 3.05) is 27.7 Å². The molecule has 1 fully saturated rings. The molecule has 1 rings (SSSR count). The lowest BCUT2D eigenvalue weighted by Crippen LogP contribution is -2.42. The zero-order valence-electron chi connectivity index (χ0n) is 13.8. The highest BCUT2D eigenvalue weighted by Crippen LogP contribution is 2.34. The zero-order valence-corrected chi connectivity index (χ0v) is 14.7. The van der Waals surface area contributed by atoms with Crippen molar-refractivity contribution in [2.24, 2.45) is 5.92 Å². The summed E-state index contributed by atoms with van der Waals surface area (Å²) in [4.78, 5) is 19.9. The fourth-order valence-corrected chi connectivity index (χ4v) is 3.81. The molecule has 2 atom stereocenters. The van der Waals surface area contributed by atoms with Crippen LogP contribution in [0.4, 0.5) is 0 Å². The first kappa shape index (κ1) is 19.1. The Morgan fingerprint density at radius 2 is 1.86 bits per heavy atom. The van der Waals surface area contributed by atoms with Gasteiger partial charge in [-0.05, 0) is 12.3 Å². The highest BCUT2D eigenvalue weighted by atomic mass is 31.2. The first-order valence-electron chi connectivity index (χ1n) is 8.18. The molecule has 2 unspecified atom stereocenters. The minimum atomic E-state index is -4.64. The maximum Gasteiger partial charge on any atom is 0.265 e. The molecular weight excluding hydrogens is 289 g/mol. The summed E-state index contributed by atoms with van der Waals surface area (Å²) in [6.07, 6.45) is 10.4. The molecule has 0 bridgehead atoms. The molecule has 0 aliphatic heterocycles. The molecule has 0 heterocycles. The van der Waals surface area contributed by atoms with Gasteiger partial charge in [-0.1, -0.05) is 51.4 Å². The van der Waals surface area contributed by atoms with Crippen molar-refractivity contribution in [3.8, 4) is 0 Å². The van der Waals surface area contributed by atoms with Crippen molar-refractivity contribution in [3.05, 3.63) is 0 Å². The second-order valence-electron chi connectivity index (χ2n) is 7.46. The lowest BCUT2D eigenvalue weighted by molar-refractivity contribution is -0.873. The average molecular weight is 321 g/mol. The normalized spacial score (nSPS) is 22.0. The topological polar surface area (TPSA) is 69.6 Å². The number of hydrogen-bond donors (Lipinski definition) is 1.